The lowest BCUT2D eigenvalue weighted by molar-refractivity contribution is -0.150. The summed E-state index contributed by atoms with van der Waals surface area (Å²) in [6.07, 6.45) is 1.79. The molecule has 1 aliphatic heterocycles. The van der Waals surface area contributed by atoms with Gasteiger partial charge in [0.05, 0.1) is 5.92 Å². The van der Waals surface area contributed by atoms with Crippen LogP contribution in [0.1, 0.15) is 32.3 Å². The maximum atomic E-state index is 11.7. The zero-order valence-electron chi connectivity index (χ0n) is 11.3. The Bertz CT molecular complexity index is 332. The Morgan fingerprint density at radius 2 is 1.83 bits per heavy atom. The van der Waals surface area contributed by atoms with E-state index in [2.05, 4.69) is 5.32 Å². The first-order valence-electron chi connectivity index (χ1n) is 6.77. The van der Waals surface area contributed by atoms with Gasteiger partial charge < -0.3 is 10.1 Å². The van der Waals surface area contributed by atoms with Gasteiger partial charge in [-0.15, -0.1) is 0 Å². The highest BCUT2D eigenvalue weighted by atomic mass is 16.5. The summed E-state index contributed by atoms with van der Waals surface area (Å²) in [7, 11) is 0. The molecule has 0 spiro atoms. The van der Waals surface area contributed by atoms with Crippen LogP contribution in [0.15, 0.2) is 30.3 Å². The van der Waals surface area contributed by atoms with Crippen molar-refractivity contribution in [2.24, 2.45) is 5.92 Å². The summed E-state index contributed by atoms with van der Waals surface area (Å²) in [6.45, 7) is 6.24. The van der Waals surface area contributed by atoms with Crippen LogP contribution in [-0.2, 0) is 16.1 Å². The number of benzene rings is 1. The lowest BCUT2D eigenvalue weighted by Crippen LogP contribution is -2.32. The molecule has 1 aromatic carbocycles. The topological polar surface area (TPSA) is 38.3 Å². The van der Waals surface area contributed by atoms with Crippen LogP contribution in [0.4, 0.5) is 0 Å². The maximum absolute atomic E-state index is 11.7. The molecule has 0 amide bonds. The van der Waals surface area contributed by atoms with Crippen molar-refractivity contribution in [2.75, 3.05) is 13.1 Å². The number of hydrogen-bond donors (Lipinski definition) is 1. The highest BCUT2D eigenvalue weighted by Gasteiger charge is 2.21. The Labute approximate surface area is 110 Å². The summed E-state index contributed by atoms with van der Waals surface area (Å²) in [6, 6.07) is 9.80. The van der Waals surface area contributed by atoms with Gasteiger partial charge >= 0.3 is 5.97 Å². The van der Waals surface area contributed by atoms with Gasteiger partial charge in [0.25, 0.3) is 0 Å². The smallest absolute Gasteiger partial charge is 0.309 e. The van der Waals surface area contributed by atoms with Gasteiger partial charge in [-0.1, -0.05) is 44.2 Å². The van der Waals surface area contributed by atoms with Crippen LogP contribution in [0.25, 0.3) is 0 Å². The van der Waals surface area contributed by atoms with Gasteiger partial charge in [-0.2, -0.15) is 0 Å². The summed E-state index contributed by atoms with van der Waals surface area (Å²) >= 11 is 0. The number of piperidine rings is 1. The molecule has 1 aliphatic rings. The molecule has 1 saturated heterocycles. The third-order valence-corrected chi connectivity index (χ3v) is 2.90. The molecule has 0 radical (unpaired) electrons. The van der Waals surface area contributed by atoms with Gasteiger partial charge in [0.15, 0.2) is 0 Å². The number of hydrogen-bond acceptors (Lipinski definition) is 3. The minimum Gasteiger partial charge on any atom is -0.461 e. The molecule has 18 heavy (non-hydrogen) atoms. The largest absolute Gasteiger partial charge is 0.461 e. The van der Waals surface area contributed by atoms with E-state index in [1.807, 2.05) is 44.2 Å². The monoisotopic (exact) mass is 249 g/mol. The minimum atomic E-state index is -0.0506. The lowest BCUT2D eigenvalue weighted by Gasteiger charge is -2.20. The van der Waals surface area contributed by atoms with Crippen molar-refractivity contribution < 1.29 is 9.53 Å². The second-order valence-corrected chi connectivity index (χ2v) is 4.12. The summed E-state index contributed by atoms with van der Waals surface area (Å²) in [4.78, 5) is 11.7. The van der Waals surface area contributed by atoms with Crippen molar-refractivity contribution in [1.82, 2.24) is 5.32 Å². The van der Waals surface area contributed by atoms with E-state index in [0.29, 0.717) is 6.61 Å². The zero-order valence-corrected chi connectivity index (χ0v) is 11.3. The fourth-order valence-electron chi connectivity index (χ4n) is 1.90. The van der Waals surface area contributed by atoms with Gasteiger partial charge in [0.1, 0.15) is 6.61 Å². The van der Waals surface area contributed by atoms with E-state index in [1.54, 1.807) is 0 Å². The van der Waals surface area contributed by atoms with Crippen LogP contribution in [0.5, 0.6) is 0 Å². The third-order valence-electron chi connectivity index (χ3n) is 2.90. The van der Waals surface area contributed by atoms with E-state index in [4.69, 9.17) is 4.74 Å². The van der Waals surface area contributed by atoms with Crippen molar-refractivity contribution in [3.63, 3.8) is 0 Å². The molecule has 0 aliphatic carbocycles. The molecular weight excluding hydrogens is 226 g/mol. The lowest BCUT2D eigenvalue weighted by atomic mass is 9.98. The SMILES string of the molecule is CC.O=C(OCc1ccccc1)C1CCNCC1. The normalized spacial score (nSPS) is 15.4. The van der Waals surface area contributed by atoms with E-state index in [0.717, 1.165) is 31.5 Å². The van der Waals surface area contributed by atoms with Crippen LogP contribution in [0, 0.1) is 5.92 Å². The Balaban J connectivity index is 0.000000771. The molecule has 0 saturated carbocycles. The average Bonchev–Trinajstić information content (AvgIpc) is 2.49. The van der Waals surface area contributed by atoms with Crippen molar-refractivity contribution >= 4 is 5.97 Å². The van der Waals surface area contributed by atoms with Crippen molar-refractivity contribution in [1.29, 1.82) is 0 Å². The zero-order chi connectivity index (χ0) is 13.2. The Hall–Kier alpha value is -1.35. The van der Waals surface area contributed by atoms with Gasteiger partial charge in [-0.25, -0.2) is 0 Å². The number of esters is 1. The average molecular weight is 249 g/mol. The Morgan fingerprint density at radius 3 is 2.44 bits per heavy atom. The predicted molar refractivity (Wildman–Crippen MR) is 73.2 cm³/mol. The number of ether oxygens (including phenoxy) is 1. The van der Waals surface area contributed by atoms with E-state index in [-0.39, 0.29) is 11.9 Å². The van der Waals surface area contributed by atoms with Crippen molar-refractivity contribution in [3.05, 3.63) is 35.9 Å². The molecule has 2 rings (SSSR count). The van der Waals surface area contributed by atoms with Crippen molar-refractivity contribution in [3.8, 4) is 0 Å². The van der Waals surface area contributed by atoms with Gasteiger partial charge in [0.2, 0.25) is 0 Å². The van der Waals surface area contributed by atoms with Crippen LogP contribution >= 0.6 is 0 Å². The van der Waals surface area contributed by atoms with Gasteiger partial charge in [-0.05, 0) is 31.5 Å². The summed E-state index contributed by atoms with van der Waals surface area (Å²) < 4.78 is 5.30. The first-order chi connectivity index (χ1) is 8.86. The second-order valence-electron chi connectivity index (χ2n) is 4.12. The standard InChI is InChI=1S/C13H17NO2.C2H6/c15-13(12-6-8-14-9-7-12)16-10-11-4-2-1-3-5-11;1-2/h1-5,12,14H,6-10H2;1-2H3. The van der Waals surface area contributed by atoms with Crippen LogP contribution in [0.2, 0.25) is 0 Å². The number of carbonyl (C=O) groups is 1. The molecule has 1 fully saturated rings. The molecule has 0 aromatic heterocycles. The van der Waals surface area contributed by atoms with Crippen molar-refractivity contribution in [2.45, 2.75) is 33.3 Å². The first kappa shape index (κ1) is 14.7. The summed E-state index contributed by atoms with van der Waals surface area (Å²) in [5, 5.41) is 3.24. The molecule has 3 heteroatoms. The van der Waals surface area contributed by atoms with Crippen LogP contribution < -0.4 is 5.32 Å². The number of rotatable bonds is 3. The minimum absolute atomic E-state index is 0.0506. The number of nitrogens with one attached hydrogen (secondary N) is 1. The fraction of sp³-hybridized carbons (Fsp3) is 0.533. The molecule has 3 nitrogen and oxygen atoms in total. The maximum Gasteiger partial charge on any atom is 0.309 e. The summed E-state index contributed by atoms with van der Waals surface area (Å²) in [5.41, 5.74) is 1.05. The molecule has 0 atom stereocenters. The first-order valence-corrected chi connectivity index (χ1v) is 6.77. The van der Waals surface area contributed by atoms with Crippen LogP contribution in [-0.4, -0.2) is 19.1 Å². The van der Waals surface area contributed by atoms with Gasteiger partial charge in [0, 0.05) is 0 Å². The third kappa shape index (κ3) is 4.88. The van der Waals surface area contributed by atoms with E-state index in [1.165, 1.54) is 0 Å². The molecule has 0 unspecified atom stereocenters. The summed E-state index contributed by atoms with van der Waals surface area (Å²) in [5.74, 6) is 0.0373. The predicted octanol–water partition coefficient (Wildman–Crippen LogP) is 2.76. The molecule has 0 bridgehead atoms. The second kappa shape index (κ2) is 8.70. The van der Waals surface area contributed by atoms with Gasteiger partial charge in [-0.3, -0.25) is 4.79 Å². The Morgan fingerprint density at radius 1 is 1.22 bits per heavy atom. The molecule has 1 aromatic rings. The van der Waals surface area contributed by atoms with Crippen LogP contribution in [0.3, 0.4) is 0 Å². The fourth-order valence-corrected chi connectivity index (χ4v) is 1.90. The quantitative estimate of drug-likeness (QED) is 0.837. The number of carbonyl (C=O) groups excluding carboxylic acids is 1. The molecular formula is C15H23NO2. The van der Waals surface area contributed by atoms with E-state index < -0.39 is 0 Å². The highest BCUT2D eigenvalue weighted by molar-refractivity contribution is 5.72. The molecule has 1 N–H and O–H groups in total. The van der Waals surface area contributed by atoms with E-state index in [9.17, 15) is 4.79 Å². The van der Waals surface area contributed by atoms with E-state index >= 15 is 0 Å². The highest BCUT2D eigenvalue weighted by Crippen LogP contribution is 2.14. The molecule has 100 valence electrons. The Kier molecular flexibility index (Phi) is 7.11. The molecule has 1 heterocycles.